The van der Waals surface area contributed by atoms with Crippen LogP contribution in [0.4, 0.5) is 0 Å². The standard InChI is InChI=1S/C13H16BrNO2/c1-9-3-2-4-10(11(9)16)12(17)15-8-13(7-14)5-6-13/h2-4,16H,5-8H2,1H3,(H,15,17). The first-order chi connectivity index (χ1) is 8.08. The maximum Gasteiger partial charge on any atom is 0.255 e. The molecule has 1 fully saturated rings. The molecule has 0 aliphatic heterocycles. The fourth-order valence-corrected chi connectivity index (χ4v) is 2.50. The fraction of sp³-hybridized carbons (Fsp3) is 0.462. The molecule has 0 aromatic heterocycles. The molecule has 1 aromatic carbocycles. The molecule has 2 N–H and O–H groups in total. The van der Waals surface area contributed by atoms with Crippen molar-refractivity contribution in [3.8, 4) is 5.75 Å². The van der Waals surface area contributed by atoms with Gasteiger partial charge in [0.05, 0.1) is 5.56 Å². The molecule has 17 heavy (non-hydrogen) atoms. The third-order valence-corrected chi connectivity index (χ3v) is 4.54. The number of para-hydroxylation sites is 1. The van der Waals surface area contributed by atoms with Gasteiger partial charge in [-0.2, -0.15) is 0 Å². The van der Waals surface area contributed by atoms with Crippen LogP contribution in [-0.4, -0.2) is 22.9 Å². The fourth-order valence-electron chi connectivity index (χ4n) is 1.74. The summed E-state index contributed by atoms with van der Waals surface area (Å²) in [5.41, 5.74) is 1.32. The number of phenols is 1. The van der Waals surface area contributed by atoms with E-state index in [0.29, 0.717) is 12.1 Å². The first-order valence-electron chi connectivity index (χ1n) is 5.71. The third kappa shape index (κ3) is 2.63. The van der Waals surface area contributed by atoms with Gasteiger partial charge in [-0.05, 0) is 36.8 Å². The maximum atomic E-state index is 11.9. The second-order valence-electron chi connectivity index (χ2n) is 4.79. The molecule has 0 spiro atoms. The van der Waals surface area contributed by atoms with Crippen molar-refractivity contribution in [2.75, 3.05) is 11.9 Å². The number of aryl methyl sites for hydroxylation is 1. The molecule has 1 aliphatic carbocycles. The number of carbonyl (C=O) groups excluding carboxylic acids is 1. The smallest absolute Gasteiger partial charge is 0.255 e. The van der Waals surface area contributed by atoms with Crippen molar-refractivity contribution in [3.05, 3.63) is 29.3 Å². The number of phenolic OH excluding ortho intramolecular Hbond substituents is 1. The minimum Gasteiger partial charge on any atom is -0.507 e. The van der Waals surface area contributed by atoms with E-state index < -0.39 is 0 Å². The molecule has 1 amide bonds. The predicted molar refractivity (Wildman–Crippen MR) is 70.6 cm³/mol. The van der Waals surface area contributed by atoms with E-state index in [1.54, 1.807) is 25.1 Å². The molecular weight excluding hydrogens is 282 g/mol. The largest absolute Gasteiger partial charge is 0.507 e. The van der Waals surface area contributed by atoms with E-state index in [1.807, 2.05) is 0 Å². The van der Waals surface area contributed by atoms with Crippen LogP contribution in [0.25, 0.3) is 0 Å². The number of aromatic hydroxyl groups is 1. The van der Waals surface area contributed by atoms with Crippen LogP contribution in [-0.2, 0) is 0 Å². The lowest BCUT2D eigenvalue weighted by Crippen LogP contribution is -2.31. The van der Waals surface area contributed by atoms with Crippen molar-refractivity contribution in [1.82, 2.24) is 5.32 Å². The third-order valence-electron chi connectivity index (χ3n) is 3.35. The van der Waals surface area contributed by atoms with Gasteiger partial charge in [-0.3, -0.25) is 4.79 Å². The average Bonchev–Trinajstić information content (AvgIpc) is 3.10. The molecule has 0 atom stereocenters. The number of rotatable bonds is 4. The van der Waals surface area contributed by atoms with E-state index in [2.05, 4.69) is 21.2 Å². The molecule has 4 heteroatoms. The molecule has 1 aliphatic rings. The molecular formula is C13H16BrNO2. The lowest BCUT2D eigenvalue weighted by Gasteiger charge is -2.13. The first-order valence-corrected chi connectivity index (χ1v) is 6.83. The highest BCUT2D eigenvalue weighted by Gasteiger charge is 2.41. The van der Waals surface area contributed by atoms with Crippen molar-refractivity contribution in [2.45, 2.75) is 19.8 Å². The predicted octanol–water partition coefficient (Wildman–Crippen LogP) is 2.61. The molecule has 0 saturated heterocycles. The molecule has 0 heterocycles. The molecule has 0 bridgehead atoms. The van der Waals surface area contributed by atoms with Crippen LogP contribution in [0.3, 0.4) is 0 Å². The number of nitrogens with one attached hydrogen (secondary N) is 1. The minimum atomic E-state index is -0.196. The quantitative estimate of drug-likeness (QED) is 0.840. The molecule has 3 nitrogen and oxygen atoms in total. The Morgan fingerprint density at radius 2 is 2.24 bits per heavy atom. The normalized spacial score (nSPS) is 16.6. The summed E-state index contributed by atoms with van der Waals surface area (Å²) in [5.74, 6) is -0.118. The molecule has 92 valence electrons. The number of carbonyl (C=O) groups is 1. The zero-order valence-corrected chi connectivity index (χ0v) is 11.4. The van der Waals surface area contributed by atoms with Gasteiger partial charge in [0.2, 0.25) is 0 Å². The van der Waals surface area contributed by atoms with Crippen LogP contribution < -0.4 is 5.32 Å². The summed E-state index contributed by atoms with van der Waals surface area (Å²) in [4.78, 5) is 11.9. The highest BCUT2D eigenvalue weighted by atomic mass is 79.9. The zero-order valence-electron chi connectivity index (χ0n) is 9.79. The van der Waals surface area contributed by atoms with Gasteiger partial charge >= 0.3 is 0 Å². The van der Waals surface area contributed by atoms with E-state index in [4.69, 9.17) is 0 Å². The Morgan fingerprint density at radius 3 is 2.82 bits per heavy atom. The van der Waals surface area contributed by atoms with Crippen LogP contribution >= 0.6 is 15.9 Å². The lowest BCUT2D eigenvalue weighted by atomic mass is 10.1. The lowest BCUT2D eigenvalue weighted by molar-refractivity contribution is 0.0944. The monoisotopic (exact) mass is 297 g/mol. The summed E-state index contributed by atoms with van der Waals surface area (Å²) in [6.45, 7) is 2.46. The summed E-state index contributed by atoms with van der Waals surface area (Å²) >= 11 is 3.47. The Labute approximate surface area is 109 Å². The van der Waals surface area contributed by atoms with Gasteiger partial charge in [0.15, 0.2) is 0 Å². The van der Waals surface area contributed by atoms with Crippen LogP contribution in [0.15, 0.2) is 18.2 Å². The minimum absolute atomic E-state index is 0.0775. The van der Waals surface area contributed by atoms with Crippen LogP contribution in [0, 0.1) is 12.3 Å². The summed E-state index contributed by atoms with van der Waals surface area (Å²) in [7, 11) is 0. The topological polar surface area (TPSA) is 49.3 Å². The van der Waals surface area contributed by atoms with Gasteiger partial charge in [0.1, 0.15) is 5.75 Å². The van der Waals surface area contributed by atoms with Crippen LogP contribution in [0.1, 0.15) is 28.8 Å². The summed E-state index contributed by atoms with van der Waals surface area (Å²) < 4.78 is 0. The van der Waals surface area contributed by atoms with Crippen LogP contribution in [0.5, 0.6) is 5.75 Å². The molecule has 0 unspecified atom stereocenters. The van der Waals surface area contributed by atoms with E-state index >= 15 is 0 Å². The van der Waals surface area contributed by atoms with Crippen molar-refractivity contribution in [2.24, 2.45) is 5.41 Å². The molecule has 2 rings (SSSR count). The van der Waals surface area contributed by atoms with Crippen molar-refractivity contribution < 1.29 is 9.90 Å². The second-order valence-corrected chi connectivity index (χ2v) is 5.35. The maximum absolute atomic E-state index is 11.9. The highest BCUT2D eigenvalue weighted by molar-refractivity contribution is 9.09. The van der Waals surface area contributed by atoms with Gasteiger partial charge < -0.3 is 10.4 Å². The Hall–Kier alpha value is -1.03. The van der Waals surface area contributed by atoms with E-state index in [-0.39, 0.29) is 17.1 Å². The van der Waals surface area contributed by atoms with Crippen molar-refractivity contribution in [1.29, 1.82) is 0 Å². The average molecular weight is 298 g/mol. The number of hydrogen-bond acceptors (Lipinski definition) is 2. The summed E-state index contributed by atoms with van der Waals surface area (Å²) in [5, 5.41) is 13.6. The Bertz CT molecular complexity index is 441. The van der Waals surface area contributed by atoms with Crippen molar-refractivity contribution >= 4 is 21.8 Å². The number of alkyl halides is 1. The summed E-state index contributed by atoms with van der Waals surface area (Å²) in [6, 6.07) is 5.21. The zero-order chi connectivity index (χ0) is 12.5. The van der Waals surface area contributed by atoms with Gasteiger partial charge in [-0.25, -0.2) is 0 Å². The molecule has 1 aromatic rings. The molecule has 1 saturated carbocycles. The second kappa shape index (κ2) is 4.69. The number of halogens is 1. The molecule has 0 radical (unpaired) electrons. The van der Waals surface area contributed by atoms with E-state index in [9.17, 15) is 9.90 Å². The highest BCUT2D eigenvalue weighted by Crippen LogP contribution is 2.46. The Balaban J connectivity index is 2.02. The van der Waals surface area contributed by atoms with Gasteiger partial charge in [-0.1, -0.05) is 28.1 Å². The van der Waals surface area contributed by atoms with Crippen LogP contribution in [0.2, 0.25) is 0 Å². The first kappa shape index (κ1) is 12.4. The van der Waals surface area contributed by atoms with Gasteiger partial charge in [-0.15, -0.1) is 0 Å². The van der Waals surface area contributed by atoms with Crippen molar-refractivity contribution in [3.63, 3.8) is 0 Å². The van der Waals surface area contributed by atoms with Gasteiger partial charge in [0, 0.05) is 11.9 Å². The number of amides is 1. The number of benzene rings is 1. The van der Waals surface area contributed by atoms with Gasteiger partial charge in [0.25, 0.3) is 5.91 Å². The van der Waals surface area contributed by atoms with E-state index in [0.717, 1.165) is 23.7 Å². The van der Waals surface area contributed by atoms with E-state index in [1.165, 1.54) is 0 Å². The Morgan fingerprint density at radius 1 is 1.53 bits per heavy atom. The Kier molecular flexibility index (Phi) is 3.43. The number of hydrogen-bond donors (Lipinski definition) is 2. The SMILES string of the molecule is Cc1cccc(C(=O)NCC2(CBr)CC2)c1O. The summed E-state index contributed by atoms with van der Waals surface area (Å²) in [6.07, 6.45) is 2.30.